The van der Waals surface area contributed by atoms with Crippen LogP contribution in [0.25, 0.3) is 0 Å². The summed E-state index contributed by atoms with van der Waals surface area (Å²) in [5, 5.41) is 3.60. The van der Waals surface area contributed by atoms with Crippen molar-refractivity contribution in [1.29, 1.82) is 0 Å². The summed E-state index contributed by atoms with van der Waals surface area (Å²) in [5.74, 6) is 0. The molecule has 0 spiro atoms. The lowest BCUT2D eigenvalue weighted by Gasteiger charge is -2.35. The Labute approximate surface area is 86.8 Å². The number of ether oxygens (including phenoxy) is 1. The molecular weight excluding hydrogens is 176 g/mol. The fraction of sp³-hybridized carbons (Fsp3) is 1.00. The molecule has 2 aliphatic heterocycles. The van der Waals surface area contributed by atoms with Gasteiger partial charge in [0.05, 0.1) is 12.7 Å². The Balaban J connectivity index is 1.72. The first-order valence-electron chi connectivity index (χ1n) is 5.92. The van der Waals surface area contributed by atoms with Crippen molar-refractivity contribution in [1.82, 2.24) is 10.2 Å². The first kappa shape index (κ1) is 10.4. The van der Waals surface area contributed by atoms with Crippen molar-refractivity contribution in [3.8, 4) is 0 Å². The Kier molecular flexibility index (Phi) is 3.79. The Morgan fingerprint density at radius 3 is 3.07 bits per heavy atom. The topological polar surface area (TPSA) is 24.5 Å². The first-order chi connectivity index (χ1) is 6.84. The SMILES string of the molecule is CC1CN(CC2CCCCN2)CCO1. The zero-order chi connectivity index (χ0) is 9.80. The zero-order valence-electron chi connectivity index (χ0n) is 9.17. The number of nitrogens with zero attached hydrogens (tertiary/aromatic N) is 1. The normalized spacial score (nSPS) is 35.8. The molecule has 3 heteroatoms. The largest absolute Gasteiger partial charge is 0.376 e. The van der Waals surface area contributed by atoms with Gasteiger partial charge in [0.25, 0.3) is 0 Å². The number of rotatable bonds is 2. The molecule has 2 fully saturated rings. The average molecular weight is 198 g/mol. The van der Waals surface area contributed by atoms with Gasteiger partial charge in [0.1, 0.15) is 0 Å². The van der Waals surface area contributed by atoms with Gasteiger partial charge in [-0.15, -0.1) is 0 Å². The van der Waals surface area contributed by atoms with Gasteiger partial charge in [0.15, 0.2) is 0 Å². The minimum atomic E-state index is 0.423. The van der Waals surface area contributed by atoms with Crippen molar-refractivity contribution in [2.24, 2.45) is 0 Å². The molecule has 0 aromatic heterocycles. The Hall–Kier alpha value is -0.120. The summed E-state index contributed by atoms with van der Waals surface area (Å²) >= 11 is 0. The van der Waals surface area contributed by atoms with Gasteiger partial charge in [-0.2, -0.15) is 0 Å². The van der Waals surface area contributed by atoms with E-state index in [0.717, 1.165) is 25.7 Å². The predicted molar refractivity (Wildman–Crippen MR) is 57.5 cm³/mol. The summed E-state index contributed by atoms with van der Waals surface area (Å²) in [5.41, 5.74) is 0. The highest BCUT2D eigenvalue weighted by Crippen LogP contribution is 2.11. The van der Waals surface area contributed by atoms with E-state index in [9.17, 15) is 0 Å². The fourth-order valence-corrected chi connectivity index (χ4v) is 2.45. The van der Waals surface area contributed by atoms with Gasteiger partial charge < -0.3 is 10.1 Å². The molecule has 0 amide bonds. The van der Waals surface area contributed by atoms with E-state index in [4.69, 9.17) is 4.74 Å². The molecule has 3 nitrogen and oxygen atoms in total. The fourth-order valence-electron chi connectivity index (χ4n) is 2.45. The number of piperidine rings is 1. The standard InChI is InChI=1S/C11H22N2O/c1-10-8-13(6-7-14-10)9-11-4-2-3-5-12-11/h10-12H,2-9H2,1H3. The van der Waals surface area contributed by atoms with Crippen LogP contribution in [0.1, 0.15) is 26.2 Å². The molecule has 0 radical (unpaired) electrons. The van der Waals surface area contributed by atoms with Gasteiger partial charge in [0, 0.05) is 25.7 Å². The number of nitrogens with one attached hydrogen (secondary N) is 1. The lowest BCUT2D eigenvalue weighted by atomic mass is 10.0. The number of morpholine rings is 1. The second kappa shape index (κ2) is 5.10. The minimum Gasteiger partial charge on any atom is -0.376 e. The van der Waals surface area contributed by atoms with E-state index in [1.165, 1.54) is 32.4 Å². The van der Waals surface area contributed by atoms with E-state index in [1.807, 2.05) is 0 Å². The second-order valence-electron chi connectivity index (χ2n) is 4.59. The number of hydrogen-bond acceptors (Lipinski definition) is 3. The van der Waals surface area contributed by atoms with Crippen LogP contribution in [-0.2, 0) is 4.74 Å². The van der Waals surface area contributed by atoms with Crippen LogP contribution in [0.2, 0.25) is 0 Å². The Morgan fingerprint density at radius 2 is 2.36 bits per heavy atom. The highest BCUT2D eigenvalue weighted by molar-refractivity contribution is 4.78. The van der Waals surface area contributed by atoms with E-state index in [1.54, 1.807) is 0 Å². The molecule has 1 N–H and O–H groups in total. The third kappa shape index (κ3) is 2.94. The van der Waals surface area contributed by atoms with Crippen molar-refractivity contribution in [2.75, 3.05) is 32.8 Å². The van der Waals surface area contributed by atoms with Crippen LogP contribution in [0.3, 0.4) is 0 Å². The third-order valence-corrected chi connectivity index (χ3v) is 3.22. The molecule has 2 aliphatic rings. The molecule has 82 valence electrons. The molecular formula is C11H22N2O. The van der Waals surface area contributed by atoms with Crippen molar-refractivity contribution in [3.63, 3.8) is 0 Å². The van der Waals surface area contributed by atoms with Crippen molar-refractivity contribution < 1.29 is 4.74 Å². The van der Waals surface area contributed by atoms with E-state index in [0.29, 0.717) is 6.10 Å². The Bertz CT molecular complexity index is 169. The lowest BCUT2D eigenvalue weighted by molar-refractivity contribution is -0.0217. The van der Waals surface area contributed by atoms with Crippen LogP contribution in [0.5, 0.6) is 0 Å². The quantitative estimate of drug-likeness (QED) is 0.712. The molecule has 0 bridgehead atoms. The smallest absolute Gasteiger partial charge is 0.0674 e. The van der Waals surface area contributed by atoms with Gasteiger partial charge in [-0.25, -0.2) is 0 Å². The van der Waals surface area contributed by atoms with E-state index >= 15 is 0 Å². The molecule has 0 aromatic rings. The molecule has 0 saturated carbocycles. The van der Waals surface area contributed by atoms with Crippen LogP contribution in [-0.4, -0.2) is 49.8 Å². The molecule has 0 aromatic carbocycles. The van der Waals surface area contributed by atoms with E-state index < -0.39 is 0 Å². The Morgan fingerprint density at radius 1 is 1.43 bits per heavy atom. The average Bonchev–Trinajstić information content (AvgIpc) is 2.19. The van der Waals surface area contributed by atoms with Crippen molar-refractivity contribution in [2.45, 2.75) is 38.3 Å². The summed E-state index contributed by atoms with van der Waals surface area (Å²) in [6.07, 6.45) is 4.53. The van der Waals surface area contributed by atoms with Gasteiger partial charge in [-0.05, 0) is 26.3 Å². The highest BCUT2D eigenvalue weighted by atomic mass is 16.5. The van der Waals surface area contributed by atoms with E-state index in [-0.39, 0.29) is 0 Å². The summed E-state index contributed by atoms with van der Waals surface area (Å²) in [7, 11) is 0. The summed E-state index contributed by atoms with van der Waals surface area (Å²) < 4.78 is 5.54. The minimum absolute atomic E-state index is 0.423. The van der Waals surface area contributed by atoms with Crippen LogP contribution < -0.4 is 5.32 Å². The molecule has 0 aliphatic carbocycles. The zero-order valence-corrected chi connectivity index (χ0v) is 9.17. The van der Waals surface area contributed by atoms with Gasteiger partial charge in [-0.3, -0.25) is 4.90 Å². The molecule has 2 heterocycles. The van der Waals surface area contributed by atoms with Crippen molar-refractivity contribution in [3.05, 3.63) is 0 Å². The summed E-state index contributed by atoms with van der Waals surface area (Å²) in [4.78, 5) is 2.54. The summed E-state index contributed by atoms with van der Waals surface area (Å²) in [6.45, 7) is 7.73. The predicted octanol–water partition coefficient (Wildman–Crippen LogP) is 0.849. The van der Waals surface area contributed by atoms with E-state index in [2.05, 4.69) is 17.1 Å². The van der Waals surface area contributed by atoms with Gasteiger partial charge >= 0.3 is 0 Å². The lowest BCUT2D eigenvalue weighted by Crippen LogP contribution is -2.49. The van der Waals surface area contributed by atoms with Crippen molar-refractivity contribution >= 4 is 0 Å². The highest BCUT2D eigenvalue weighted by Gasteiger charge is 2.20. The van der Waals surface area contributed by atoms with Crippen LogP contribution >= 0.6 is 0 Å². The molecule has 2 saturated heterocycles. The second-order valence-corrected chi connectivity index (χ2v) is 4.59. The van der Waals surface area contributed by atoms with Crippen LogP contribution in [0, 0.1) is 0 Å². The maximum absolute atomic E-state index is 5.54. The molecule has 2 atom stereocenters. The van der Waals surface area contributed by atoms with Crippen LogP contribution in [0.15, 0.2) is 0 Å². The van der Waals surface area contributed by atoms with Gasteiger partial charge in [0.2, 0.25) is 0 Å². The van der Waals surface area contributed by atoms with Crippen LogP contribution in [0.4, 0.5) is 0 Å². The molecule has 14 heavy (non-hydrogen) atoms. The maximum Gasteiger partial charge on any atom is 0.0674 e. The number of hydrogen-bond donors (Lipinski definition) is 1. The molecule has 2 unspecified atom stereocenters. The third-order valence-electron chi connectivity index (χ3n) is 3.22. The van der Waals surface area contributed by atoms with Gasteiger partial charge in [-0.1, -0.05) is 6.42 Å². The monoisotopic (exact) mass is 198 g/mol. The molecule has 2 rings (SSSR count). The first-order valence-corrected chi connectivity index (χ1v) is 5.92. The maximum atomic E-state index is 5.54. The summed E-state index contributed by atoms with van der Waals surface area (Å²) in [6, 6.07) is 0.731.